The zero-order valence-corrected chi connectivity index (χ0v) is 9.22. The van der Waals surface area contributed by atoms with Crippen molar-refractivity contribution < 1.29 is 4.79 Å². The molecular weight excluding hydrogens is 237 g/mol. The summed E-state index contributed by atoms with van der Waals surface area (Å²) in [6.07, 6.45) is 0. The molecule has 0 radical (unpaired) electrons. The van der Waals surface area contributed by atoms with Crippen molar-refractivity contribution >= 4 is 40.6 Å². The largest absolute Gasteiger partial charge is 0.386 e. The van der Waals surface area contributed by atoms with Gasteiger partial charge in [-0.25, -0.2) is 4.99 Å². The number of carbonyl (C=O) groups is 1. The SMILES string of the molecule is NC(=O)c1cc(Cl)ccc1N=C(N)CCl. The van der Waals surface area contributed by atoms with E-state index in [9.17, 15) is 4.79 Å². The lowest BCUT2D eigenvalue weighted by atomic mass is 10.1. The lowest BCUT2D eigenvalue weighted by Gasteiger charge is -2.03. The van der Waals surface area contributed by atoms with E-state index in [1.165, 1.54) is 6.07 Å². The molecule has 0 aromatic heterocycles. The summed E-state index contributed by atoms with van der Waals surface area (Å²) in [7, 11) is 0. The van der Waals surface area contributed by atoms with Gasteiger partial charge in [0.1, 0.15) is 5.84 Å². The first-order valence-corrected chi connectivity index (χ1v) is 4.94. The number of amidine groups is 1. The summed E-state index contributed by atoms with van der Waals surface area (Å²) >= 11 is 11.2. The number of alkyl halides is 1. The van der Waals surface area contributed by atoms with Gasteiger partial charge in [0.2, 0.25) is 0 Å². The van der Waals surface area contributed by atoms with Gasteiger partial charge in [-0.2, -0.15) is 0 Å². The fourth-order valence-corrected chi connectivity index (χ4v) is 1.22. The Morgan fingerprint density at radius 1 is 1.40 bits per heavy atom. The van der Waals surface area contributed by atoms with E-state index in [-0.39, 0.29) is 17.3 Å². The van der Waals surface area contributed by atoms with Crippen molar-refractivity contribution in [2.75, 3.05) is 5.88 Å². The second-order valence-corrected chi connectivity index (χ2v) is 3.47. The molecule has 1 rings (SSSR count). The molecule has 4 N–H and O–H groups in total. The van der Waals surface area contributed by atoms with E-state index in [0.29, 0.717) is 10.7 Å². The highest BCUT2D eigenvalue weighted by Gasteiger charge is 2.08. The maximum atomic E-state index is 11.1. The van der Waals surface area contributed by atoms with E-state index in [2.05, 4.69) is 4.99 Å². The number of amides is 1. The summed E-state index contributed by atoms with van der Waals surface area (Å²) in [6.45, 7) is 0. The van der Waals surface area contributed by atoms with E-state index in [0.717, 1.165) is 0 Å². The number of hydrogen-bond acceptors (Lipinski definition) is 2. The lowest BCUT2D eigenvalue weighted by Crippen LogP contribution is -2.14. The number of rotatable bonds is 3. The number of primary amides is 1. The average molecular weight is 246 g/mol. The first-order chi connectivity index (χ1) is 7.04. The Morgan fingerprint density at radius 2 is 2.07 bits per heavy atom. The Morgan fingerprint density at radius 3 is 2.60 bits per heavy atom. The fraction of sp³-hybridized carbons (Fsp3) is 0.111. The van der Waals surface area contributed by atoms with Gasteiger partial charge in [0.05, 0.1) is 17.1 Å². The summed E-state index contributed by atoms with van der Waals surface area (Å²) in [4.78, 5) is 15.0. The number of aliphatic imine (C=N–C) groups is 1. The Bertz CT molecular complexity index is 418. The fourth-order valence-electron chi connectivity index (χ4n) is 0.988. The highest BCUT2D eigenvalue weighted by molar-refractivity contribution is 6.31. The number of hydrogen-bond donors (Lipinski definition) is 2. The van der Waals surface area contributed by atoms with Crippen molar-refractivity contribution in [3.8, 4) is 0 Å². The predicted molar refractivity (Wildman–Crippen MR) is 62.0 cm³/mol. The molecule has 15 heavy (non-hydrogen) atoms. The molecule has 6 heteroatoms. The van der Waals surface area contributed by atoms with Crippen molar-refractivity contribution in [2.45, 2.75) is 0 Å². The van der Waals surface area contributed by atoms with Crippen LogP contribution in [0.3, 0.4) is 0 Å². The van der Waals surface area contributed by atoms with Crippen LogP contribution >= 0.6 is 23.2 Å². The Kier molecular flexibility index (Phi) is 3.94. The minimum absolute atomic E-state index is 0.0842. The highest BCUT2D eigenvalue weighted by Crippen LogP contribution is 2.22. The topological polar surface area (TPSA) is 81.5 Å². The van der Waals surface area contributed by atoms with Crippen LogP contribution in [-0.2, 0) is 0 Å². The highest BCUT2D eigenvalue weighted by atomic mass is 35.5. The number of carbonyl (C=O) groups excluding carboxylic acids is 1. The summed E-state index contributed by atoms with van der Waals surface area (Å²) in [5.41, 5.74) is 11.2. The molecule has 80 valence electrons. The van der Waals surface area contributed by atoms with Gasteiger partial charge >= 0.3 is 0 Å². The number of benzene rings is 1. The average Bonchev–Trinajstić information content (AvgIpc) is 2.20. The van der Waals surface area contributed by atoms with Gasteiger partial charge < -0.3 is 11.5 Å². The molecular formula is C9H9Cl2N3O. The summed E-state index contributed by atoms with van der Waals surface area (Å²) < 4.78 is 0. The molecule has 1 aromatic rings. The van der Waals surface area contributed by atoms with Crippen LogP contribution in [-0.4, -0.2) is 17.6 Å². The molecule has 4 nitrogen and oxygen atoms in total. The molecule has 0 unspecified atom stereocenters. The van der Waals surface area contributed by atoms with Crippen LogP contribution < -0.4 is 11.5 Å². The lowest BCUT2D eigenvalue weighted by molar-refractivity contribution is 0.100. The number of nitrogens with zero attached hydrogens (tertiary/aromatic N) is 1. The van der Waals surface area contributed by atoms with Gasteiger partial charge in [-0.15, -0.1) is 11.6 Å². The standard InChI is InChI=1S/C9H9Cl2N3O/c10-4-8(12)14-7-2-1-5(11)3-6(7)9(13)15/h1-3H,4H2,(H2,12,14)(H2,13,15). The van der Waals surface area contributed by atoms with Crippen molar-refractivity contribution in [2.24, 2.45) is 16.5 Å². The Balaban J connectivity index is 3.23. The van der Waals surface area contributed by atoms with Gasteiger partial charge in [-0.1, -0.05) is 11.6 Å². The Hall–Kier alpha value is -1.26. The molecule has 0 saturated heterocycles. The van der Waals surface area contributed by atoms with Gasteiger partial charge in [0, 0.05) is 5.02 Å². The van der Waals surface area contributed by atoms with E-state index < -0.39 is 5.91 Å². The predicted octanol–water partition coefficient (Wildman–Crippen LogP) is 1.67. The summed E-state index contributed by atoms with van der Waals surface area (Å²) in [6, 6.07) is 4.58. The van der Waals surface area contributed by atoms with Gasteiger partial charge in [0.15, 0.2) is 0 Å². The van der Waals surface area contributed by atoms with Crippen molar-refractivity contribution in [3.05, 3.63) is 28.8 Å². The zero-order valence-electron chi connectivity index (χ0n) is 7.71. The van der Waals surface area contributed by atoms with Gasteiger partial charge in [0.25, 0.3) is 5.91 Å². The molecule has 0 saturated carbocycles. The van der Waals surface area contributed by atoms with Crippen LogP contribution in [0, 0.1) is 0 Å². The van der Waals surface area contributed by atoms with Crippen molar-refractivity contribution in [1.29, 1.82) is 0 Å². The van der Waals surface area contributed by atoms with Crippen molar-refractivity contribution in [1.82, 2.24) is 0 Å². The molecule has 0 aliphatic carbocycles. The molecule has 0 heterocycles. The molecule has 0 bridgehead atoms. The molecule has 0 fully saturated rings. The molecule has 0 atom stereocenters. The smallest absolute Gasteiger partial charge is 0.250 e. The minimum Gasteiger partial charge on any atom is -0.386 e. The molecule has 1 aromatic carbocycles. The first kappa shape index (κ1) is 11.8. The third-order valence-corrected chi connectivity index (χ3v) is 2.13. The monoisotopic (exact) mass is 245 g/mol. The van der Waals surface area contributed by atoms with Crippen LogP contribution in [0.5, 0.6) is 0 Å². The molecule has 0 aliphatic heterocycles. The van der Waals surface area contributed by atoms with E-state index in [1.54, 1.807) is 12.1 Å². The number of halogens is 2. The maximum absolute atomic E-state index is 11.1. The van der Waals surface area contributed by atoms with Crippen LogP contribution in [0.15, 0.2) is 23.2 Å². The third-order valence-electron chi connectivity index (χ3n) is 1.63. The normalized spacial score (nSPS) is 11.5. The van der Waals surface area contributed by atoms with Crippen LogP contribution in [0.4, 0.5) is 5.69 Å². The molecule has 0 spiro atoms. The van der Waals surface area contributed by atoms with E-state index in [4.69, 9.17) is 34.7 Å². The zero-order chi connectivity index (χ0) is 11.4. The molecule has 1 amide bonds. The van der Waals surface area contributed by atoms with E-state index in [1.807, 2.05) is 0 Å². The quantitative estimate of drug-likeness (QED) is 0.483. The van der Waals surface area contributed by atoms with Gasteiger partial charge in [-0.3, -0.25) is 4.79 Å². The summed E-state index contributed by atoms with van der Waals surface area (Å²) in [5, 5.41) is 0.409. The third kappa shape index (κ3) is 3.11. The first-order valence-electron chi connectivity index (χ1n) is 4.03. The maximum Gasteiger partial charge on any atom is 0.250 e. The number of nitrogens with two attached hydrogens (primary N) is 2. The van der Waals surface area contributed by atoms with Crippen LogP contribution in [0.1, 0.15) is 10.4 Å². The van der Waals surface area contributed by atoms with Crippen LogP contribution in [0.25, 0.3) is 0 Å². The molecule has 0 aliphatic rings. The van der Waals surface area contributed by atoms with Crippen molar-refractivity contribution in [3.63, 3.8) is 0 Å². The minimum atomic E-state index is -0.612. The van der Waals surface area contributed by atoms with E-state index >= 15 is 0 Å². The second kappa shape index (κ2) is 5.00. The summed E-state index contributed by atoms with van der Waals surface area (Å²) in [5.74, 6) is -0.319. The van der Waals surface area contributed by atoms with Gasteiger partial charge in [-0.05, 0) is 18.2 Å². The Labute approximate surface area is 96.9 Å². The second-order valence-electron chi connectivity index (χ2n) is 2.76. The van der Waals surface area contributed by atoms with Crippen LogP contribution in [0.2, 0.25) is 5.02 Å².